The Morgan fingerprint density at radius 1 is 0.707 bits per heavy atom. The van der Waals surface area contributed by atoms with Gasteiger partial charge in [0.1, 0.15) is 0 Å². The average molecular weight is 584 g/mol. The van der Waals surface area contributed by atoms with Crippen LogP contribution in [0.25, 0.3) is 0 Å². The van der Waals surface area contributed by atoms with Crippen LogP contribution in [-0.2, 0) is 14.3 Å². The fourth-order valence-corrected chi connectivity index (χ4v) is 5.92. The zero-order valence-corrected chi connectivity index (χ0v) is 29.3. The normalized spacial score (nSPS) is 19.8. The van der Waals surface area contributed by atoms with E-state index in [2.05, 4.69) is 58.3 Å². The second-order valence-electron chi connectivity index (χ2n) is 12.9. The van der Waals surface area contributed by atoms with Gasteiger partial charge in [-0.2, -0.15) is 0 Å². The minimum atomic E-state index is 0.697. The summed E-state index contributed by atoms with van der Waals surface area (Å²) < 4.78 is 11.0. The minimum Gasteiger partial charge on any atom is -0.382 e. The second kappa shape index (κ2) is 25.8. The van der Waals surface area contributed by atoms with E-state index in [-0.39, 0.29) is 0 Å². The van der Waals surface area contributed by atoms with Crippen LogP contribution in [0.5, 0.6) is 0 Å². The third-order valence-electron chi connectivity index (χ3n) is 9.20. The van der Waals surface area contributed by atoms with Crippen molar-refractivity contribution in [1.82, 2.24) is 14.7 Å². The summed E-state index contributed by atoms with van der Waals surface area (Å²) in [6.45, 7) is 33.9. The molecule has 3 aliphatic heterocycles. The molecule has 0 aromatic heterocycles. The standard InChI is InChI=1S/C14H29NO2.C10H21N.C9H17NO.C2H6/c1-4-16-10-5-11-17-12-14-6-8-15(9-7-14)13(2)3;1-4-11-7-5-10(6-8-11)9(2)3;1-8(2)9-3-5-10(7-11)6-4-9;1-2/h13-14H,4-12H2,1-3H3;9-10H,4-8H2,1-3H3;7-9H,3-6H2,1-2H3;1-2H3. The smallest absolute Gasteiger partial charge is 0.209 e. The molecule has 3 aliphatic rings. The number of nitrogens with zero attached hydrogens (tertiary/aromatic N) is 3. The first-order chi connectivity index (χ1) is 19.7. The topological polar surface area (TPSA) is 45.3 Å². The molecule has 0 saturated carbocycles. The van der Waals surface area contributed by atoms with Gasteiger partial charge in [-0.15, -0.1) is 0 Å². The molecule has 0 atom stereocenters. The molecule has 0 bridgehead atoms. The number of ether oxygens (including phenoxy) is 2. The monoisotopic (exact) mass is 584 g/mol. The van der Waals surface area contributed by atoms with Crippen molar-refractivity contribution in [2.45, 2.75) is 120 Å². The van der Waals surface area contributed by atoms with Gasteiger partial charge in [-0.05, 0) is 128 Å². The molecule has 0 aliphatic carbocycles. The van der Waals surface area contributed by atoms with Crippen LogP contribution in [0.2, 0.25) is 0 Å². The number of carbonyl (C=O) groups is 1. The van der Waals surface area contributed by atoms with Crippen LogP contribution >= 0.6 is 0 Å². The lowest BCUT2D eigenvalue weighted by atomic mass is 9.87. The second-order valence-corrected chi connectivity index (χ2v) is 12.9. The summed E-state index contributed by atoms with van der Waals surface area (Å²) in [6.07, 6.45) is 9.81. The maximum absolute atomic E-state index is 10.4. The van der Waals surface area contributed by atoms with Gasteiger partial charge < -0.3 is 24.2 Å². The van der Waals surface area contributed by atoms with E-state index in [1.165, 1.54) is 71.2 Å². The van der Waals surface area contributed by atoms with Crippen LogP contribution in [0.3, 0.4) is 0 Å². The van der Waals surface area contributed by atoms with E-state index in [4.69, 9.17) is 9.47 Å². The van der Waals surface area contributed by atoms with E-state index in [0.29, 0.717) is 6.04 Å². The third-order valence-corrected chi connectivity index (χ3v) is 9.20. The average Bonchev–Trinajstić information content (AvgIpc) is 3.00. The number of rotatable bonds is 12. The summed E-state index contributed by atoms with van der Waals surface area (Å²) in [4.78, 5) is 17.4. The molecule has 3 fully saturated rings. The number of amides is 1. The lowest BCUT2D eigenvalue weighted by Gasteiger charge is -2.34. The van der Waals surface area contributed by atoms with E-state index in [1.807, 2.05) is 25.7 Å². The maximum atomic E-state index is 10.4. The van der Waals surface area contributed by atoms with Crippen molar-refractivity contribution in [2.24, 2.45) is 29.6 Å². The van der Waals surface area contributed by atoms with Gasteiger partial charge in [0, 0.05) is 45.6 Å². The van der Waals surface area contributed by atoms with Gasteiger partial charge in [0.25, 0.3) is 0 Å². The van der Waals surface area contributed by atoms with Gasteiger partial charge in [-0.1, -0.05) is 48.5 Å². The molecular formula is C35H73N3O3. The Morgan fingerprint density at radius 2 is 1.20 bits per heavy atom. The summed E-state index contributed by atoms with van der Waals surface area (Å²) in [5.74, 6) is 4.29. The minimum absolute atomic E-state index is 0.697. The first kappa shape index (κ1) is 40.3. The number of hydrogen-bond donors (Lipinski definition) is 0. The van der Waals surface area contributed by atoms with E-state index in [1.54, 1.807) is 0 Å². The van der Waals surface area contributed by atoms with Gasteiger partial charge in [0.05, 0.1) is 0 Å². The van der Waals surface area contributed by atoms with Crippen molar-refractivity contribution < 1.29 is 14.3 Å². The lowest BCUT2D eigenvalue weighted by molar-refractivity contribution is -0.119. The van der Waals surface area contributed by atoms with Crippen molar-refractivity contribution >= 4 is 6.41 Å². The SMILES string of the molecule is CC.CC(C)C1CCN(C=O)CC1.CCN1CCC(C(C)C)CC1.CCOCCCOCC1CCN(C(C)C)CC1. The highest BCUT2D eigenvalue weighted by Gasteiger charge is 2.22. The fraction of sp³-hybridized carbons (Fsp3) is 0.971. The lowest BCUT2D eigenvalue weighted by Crippen LogP contribution is -2.39. The zero-order chi connectivity index (χ0) is 31.0. The van der Waals surface area contributed by atoms with E-state index in [9.17, 15) is 4.79 Å². The van der Waals surface area contributed by atoms with E-state index in [0.717, 1.165) is 81.9 Å². The molecule has 41 heavy (non-hydrogen) atoms. The zero-order valence-electron chi connectivity index (χ0n) is 29.3. The van der Waals surface area contributed by atoms with Crippen LogP contribution in [0.15, 0.2) is 0 Å². The Morgan fingerprint density at radius 3 is 1.61 bits per heavy atom. The summed E-state index contributed by atoms with van der Waals surface area (Å²) in [5.41, 5.74) is 0. The molecule has 0 N–H and O–H groups in total. The molecule has 0 unspecified atom stereocenters. The highest BCUT2D eigenvalue weighted by Crippen LogP contribution is 2.24. The molecule has 1 amide bonds. The summed E-state index contributed by atoms with van der Waals surface area (Å²) in [5, 5.41) is 0. The largest absolute Gasteiger partial charge is 0.382 e. The summed E-state index contributed by atoms with van der Waals surface area (Å²) >= 11 is 0. The Hall–Kier alpha value is -0.690. The first-order valence-corrected chi connectivity index (χ1v) is 17.5. The number of carbonyl (C=O) groups excluding carboxylic acids is 1. The van der Waals surface area contributed by atoms with Crippen molar-refractivity contribution in [3.63, 3.8) is 0 Å². The summed E-state index contributed by atoms with van der Waals surface area (Å²) in [7, 11) is 0. The molecule has 0 radical (unpaired) electrons. The highest BCUT2D eigenvalue weighted by atomic mass is 16.5. The molecule has 0 aromatic carbocycles. The quantitative estimate of drug-likeness (QED) is 0.176. The molecule has 0 aromatic rings. The van der Waals surface area contributed by atoms with E-state index >= 15 is 0 Å². The molecule has 6 heteroatoms. The van der Waals surface area contributed by atoms with E-state index < -0.39 is 0 Å². The molecule has 3 heterocycles. The predicted octanol–water partition coefficient (Wildman–Crippen LogP) is 7.46. The van der Waals surface area contributed by atoms with Crippen molar-refractivity contribution in [3.05, 3.63) is 0 Å². The Labute approximate surface area is 257 Å². The first-order valence-electron chi connectivity index (χ1n) is 17.5. The predicted molar refractivity (Wildman–Crippen MR) is 178 cm³/mol. The van der Waals surface area contributed by atoms with Crippen molar-refractivity contribution in [3.8, 4) is 0 Å². The number of likely N-dealkylation sites (tertiary alicyclic amines) is 3. The van der Waals surface area contributed by atoms with Crippen molar-refractivity contribution in [2.75, 3.05) is 72.2 Å². The number of hydrogen-bond acceptors (Lipinski definition) is 5. The molecule has 6 nitrogen and oxygen atoms in total. The molecule has 3 saturated heterocycles. The van der Waals surface area contributed by atoms with Gasteiger partial charge in [-0.3, -0.25) is 4.79 Å². The third kappa shape index (κ3) is 19.3. The van der Waals surface area contributed by atoms with Gasteiger partial charge >= 0.3 is 0 Å². The highest BCUT2D eigenvalue weighted by molar-refractivity contribution is 5.47. The van der Waals surface area contributed by atoms with Gasteiger partial charge in [-0.25, -0.2) is 0 Å². The van der Waals surface area contributed by atoms with Gasteiger partial charge in [0.15, 0.2) is 0 Å². The van der Waals surface area contributed by atoms with Gasteiger partial charge in [0.2, 0.25) is 6.41 Å². The van der Waals surface area contributed by atoms with Crippen LogP contribution < -0.4 is 0 Å². The molecular weight excluding hydrogens is 510 g/mol. The van der Waals surface area contributed by atoms with Crippen LogP contribution in [0, 0.1) is 29.6 Å². The summed E-state index contributed by atoms with van der Waals surface area (Å²) in [6, 6.07) is 0.697. The Balaban J connectivity index is 0.000000587. The van der Waals surface area contributed by atoms with Crippen LogP contribution in [0.1, 0.15) is 114 Å². The molecule has 246 valence electrons. The molecule has 0 spiro atoms. The van der Waals surface area contributed by atoms with Crippen LogP contribution in [-0.4, -0.2) is 99.4 Å². The molecule has 3 rings (SSSR count). The Bertz CT molecular complexity index is 563. The van der Waals surface area contributed by atoms with Crippen LogP contribution in [0.4, 0.5) is 0 Å². The van der Waals surface area contributed by atoms with Crippen molar-refractivity contribution in [1.29, 1.82) is 0 Å². The Kier molecular flexibility index (Phi) is 25.3. The fourth-order valence-electron chi connectivity index (χ4n) is 5.92. The number of piperidine rings is 3. The maximum Gasteiger partial charge on any atom is 0.209 e.